The van der Waals surface area contributed by atoms with Gasteiger partial charge in [0.1, 0.15) is 18.0 Å². The van der Waals surface area contributed by atoms with Crippen molar-refractivity contribution in [2.45, 2.75) is 102 Å². The van der Waals surface area contributed by atoms with Crippen molar-refractivity contribution < 1.29 is 32.6 Å². The maximum atomic E-state index is 14.9. The molecule has 1 aliphatic rings. The normalized spacial score (nSPS) is 22.1. The number of alkyl halides is 1. The Hall–Kier alpha value is -3.41. The zero-order valence-corrected chi connectivity index (χ0v) is 29.8. The molecule has 1 aromatic rings. The summed E-state index contributed by atoms with van der Waals surface area (Å²) < 4.78 is 45.3. The monoisotopic (exact) mass is 704 g/mol. The van der Waals surface area contributed by atoms with E-state index in [1.165, 1.54) is 26.3 Å². The van der Waals surface area contributed by atoms with E-state index in [1.54, 1.807) is 0 Å². The maximum Gasteiger partial charge on any atom is 0.351 e. The number of amides is 1. The highest BCUT2D eigenvalue weighted by molar-refractivity contribution is 7.53. The minimum absolute atomic E-state index is 0.0199. The molecule has 0 saturated carbocycles. The topological polar surface area (TPSA) is 155 Å². The summed E-state index contributed by atoms with van der Waals surface area (Å²) in [6, 6.07) is 1.31. The number of nitrogens with two attached hydrogens (primary N) is 1. The molecule has 0 aliphatic carbocycles. The Morgan fingerprint density at radius 2 is 1.61 bits per heavy atom. The van der Waals surface area contributed by atoms with E-state index in [0.717, 1.165) is 43.1 Å². The van der Waals surface area contributed by atoms with Crippen LogP contribution in [0.5, 0.6) is 0 Å². The van der Waals surface area contributed by atoms with Crippen molar-refractivity contribution in [3.05, 3.63) is 95.7 Å². The summed E-state index contributed by atoms with van der Waals surface area (Å²) in [4.78, 5) is 27.9. The molecule has 0 aromatic carbocycles. The third-order valence-electron chi connectivity index (χ3n) is 7.49. The molecule has 4 N–H and O–H groups in total. The summed E-state index contributed by atoms with van der Waals surface area (Å²) >= 11 is 0. The molecule has 1 aliphatic heterocycles. The van der Waals surface area contributed by atoms with Gasteiger partial charge in [0.05, 0.1) is 12.3 Å². The molecule has 1 amide bonds. The van der Waals surface area contributed by atoms with E-state index < -0.39 is 44.0 Å². The first-order chi connectivity index (χ1) is 23.6. The number of carbonyl (C=O) groups is 1. The number of nitrogens with one attached hydrogen (secondary N) is 1. The number of ether oxygens (including phenoxy) is 1. The van der Waals surface area contributed by atoms with Crippen LogP contribution in [0.1, 0.15) is 77.9 Å². The molecule has 0 spiro atoms. The predicted molar refractivity (Wildman–Crippen MR) is 193 cm³/mol. The first kappa shape index (κ1) is 41.8. The van der Waals surface area contributed by atoms with Gasteiger partial charge in [0.2, 0.25) is 5.91 Å². The van der Waals surface area contributed by atoms with Gasteiger partial charge in [0.25, 0.3) is 0 Å². The van der Waals surface area contributed by atoms with Gasteiger partial charge in [0, 0.05) is 26.3 Å². The lowest BCUT2D eigenvalue weighted by molar-refractivity contribution is -0.121. The van der Waals surface area contributed by atoms with E-state index in [-0.39, 0.29) is 24.4 Å². The molecule has 2 unspecified atom stereocenters. The minimum atomic E-state index is -3.67. The Morgan fingerprint density at radius 1 is 1.06 bits per heavy atom. The van der Waals surface area contributed by atoms with Crippen LogP contribution in [0.15, 0.2) is 90.0 Å². The van der Waals surface area contributed by atoms with Crippen LogP contribution in [-0.4, -0.2) is 64.9 Å². The second-order valence-corrected chi connectivity index (χ2v) is 13.7. The minimum Gasteiger partial charge on any atom is -0.387 e. The van der Waals surface area contributed by atoms with Crippen LogP contribution in [0.4, 0.5) is 10.2 Å². The van der Waals surface area contributed by atoms with Crippen molar-refractivity contribution in [3.63, 3.8) is 0 Å². The van der Waals surface area contributed by atoms with Gasteiger partial charge in [-0.3, -0.25) is 13.9 Å². The molecule has 49 heavy (non-hydrogen) atoms. The van der Waals surface area contributed by atoms with Crippen LogP contribution in [0.25, 0.3) is 0 Å². The van der Waals surface area contributed by atoms with Gasteiger partial charge in [-0.15, -0.1) is 0 Å². The first-order valence-corrected chi connectivity index (χ1v) is 18.7. The second-order valence-electron chi connectivity index (χ2n) is 11.5. The number of halogens is 1. The SMILES string of the molecule is CC/C=C\C/C=C\C/C=C\C/C=C\C/C=C\C/C=C\CCC(=O)NCCCP(=O)(OC)OC(C)[C@H]1O[C@@H](n2ccc(N)nc2=O)[C@H](F)[C@@H]1O. The van der Waals surface area contributed by atoms with E-state index >= 15 is 0 Å². The fraction of sp³-hybridized carbons (Fsp3) is 0.528. The van der Waals surface area contributed by atoms with Crippen LogP contribution >= 0.6 is 7.60 Å². The second kappa shape index (κ2) is 23.9. The number of nitrogen functional groups attached to an aromatic ring is 1. The Bertz CT molecular complexity index is 1410. The summed E-state index contributed by atoms with van der Waals surface area (Å²) in [5, 5.41) is 13.2. The number of nitrogens with zero attached hydrogens (tertiary/aromatic N) is 2. The molecule has 2 heterocycles. The fourth-order valence-corrected chi connectivity index (χ4v) is 6.38. The number of aliphatic hydroxyl groups is 1. The lowest BCUT2D eigenvalue weighted by atomic mass is 10.1. The summed E-state index contributed by atoms with van der Waals surface area (Å²) in [7, 11) is -2.44. The lowest BCUT2D eigenvalue weighted by Crippen LogP contribution is -2.37. The van der Waals surface area contributed by atoms with Gasteiger partial charge < -0.3 is 29.9 Å². The molecule has 0 radical (unpaired) electrons. The van der Waals surface area contributed by atoms with Crippen LogP contribution in [0.2, 0.25) is 0 Å². The number of rotatable bonds is 23. The molecular weight excluding hydrogens is 650 g/mol. The summed E-state index contributed by atoms with van der Waals surface area (Å²) in [6.07, 6.45) is 26.3. The highest BCUT2D eigenvalue weighted by atomic mass is 31.2. The molecule has 0 bridgehead atoms. The standard InChI is InChI=1S/C36H54FN4O7P/c1-4-5-6-7-8-9-10-11-12-13-14-15-16-17-18-19-20-21-22-24-31(42)39-26-23-28-49(45,46-3)48-29(2)34-33(43)32(37)35(47-34)41-27-25-30(38)40-36(41)44/h5-6,8-9,11-12,14-15,17-18,20-21,25,27,29,32-35,43H,4,7,10,13,16,19,22-24,26,28H2,1-3H3,(H,39,42)(H2,38,40,44)/b6-5-,9-8-,12-11-,15-14-,18-17-,21-20-/t29?,32-,33+,34-,35-,49?/m1/s1. The number of allylic oxidation sites excluding steroid dienone is 12. The van der Waals surface area contributed by atoms with Crippen molar-refractivity contribution in [1.29, 1.82) is 0 Å². The highest BCUT2D eigenvalue weighted by Crippen LogP contribution is 2.50. The quantitative estimate of drug-likeness (QED) is 0.0645. The van der Waals surface area contributed by atoms with Crippen molar-refractivity contribution in [1.82, 2.24) is 14.9 Å². The molecule has 1 saturated heterocycles. The van der Waals surface area contributed by atoms with Crippen LogP contribution in [0, 0.1) is 0 Å². The van der Waals surface area contributed by atoms with Gasteiger partial charge in [-0.1, -0.05) is 79.8 Å². The smallest absolute Gasteiger partial charge is 0.351 e. The van der Waals surface area contributed by atoms with Crippen molar-refractivity contribution in [3.8, 4) is 0 Å². The van der Waals surface area contributed by atoms with Crippen LogP contribution in [-0.2, 0) is 23.1 Å². The number of anilines is 1. The maximum absolute atomic E-state index is 14.9. The number of hydrogen-bond acceptors (Lipinski definition) is 9. The Kier molecular flexibility index (Phi) is 20.3. The van der Waals surface area contributed by atoms with Crippen LogP contribution in [0.3, 0.4) is 0 Å². The molecule has 1 fully saturated rings. The molecular formula is C36H54FN4O7P. The molecule has 1 aromatic heterocycles. The van der Waals surface area contributed by atoms with E-state index in [9.17, 15) is 23.7 Å². The van der Waals surface area contributed by atoms with E-state index in [4.69, 9.17) is 19.5 Å². The lowest BCUT2D eigenvalue weighted by Gasteiger charge is -2.26. The average Bonchev–Trinajstić information content (AvgIpc) is 3.37. The summed E-state index contributed by atoms with van der Waals surface area (Å²) in [5.74, 6) is -0.165. The zero-order chi connectivity index (χ0) is 35.9. The van der Waals surface area contributed by atoms with Gasteiger partial charge in [-0.05, 0) is 64.4 Å². The zero-order valence-electron chi connectivity index (χ0n) is 28.9. The van der Waals surface area contributed by atoms with E-state index in [2.05, 4.69) is 78.0 Å². The molecule has 2 rings (SSSR count). The highest BCUT2D eigenvalue weighted by Gasteiger charge is 2.49. The largest absolute Gasteiger partial charge is 0.387 e. The van der Waals surface area contributed by atoms with Crippen LogP contribution < -0.4 is 16.7 Å². The summed E-state index contributed by atoms with van der Waals surface area (Å²) in [6.45, 7) is 3.86. The summed E-state index contributed by atoms with van der Waals surface area (Å²) in [5.41, 5.74) is 4.65. The van der Waals surface area contributed by atoms with Gasteiger partial charge in [0.15, 0.2) is 12.4 Å². The van der Waals surface area contributed by atoms with Crippen molar-refractivity contribution in [2.24, 2.45) is 0 Å². The Labute approximate surface area is 290 Å². The number of carbonyl (C=O) groups excluding carboxylic acids is 1. The van der Waals surface area contributed by atoms with Gasteiger partial charge in [-0.2, -0.15) is 4.98 Å². The third kappa shape index (κ3) is 16.2. The molecule has 272 valence electrons. The van der Waals surface area contributed by atoms with E-state index in [0.29, 0.717) is 19.3 Å². The third-order valence-corrected chi connectivity index (χ3v) is 9.56. The van der Waals surface area contributed by atoms with E-state index in [1.807, 2.05) is 12.2 Å². The number of hydrogen-bond donors (Lipinski definition) is 3. The number of aliphatic hydroxyl groups excluding tert-OH is 1. The molecule has 13 heteroatoms. The first-order valence-electron chi connectivity index (χ1n) is 16.9. The molecule has 11 nitrogen and oxygen atoms in total. The Morgan fingerprint density at radius 3 is 2.14 bits per heavy atom. The van der Waals surface area contributed by atoms with Gasteiger partial charge in [-0.25, -0.2) is 9.18 Å². The van der Waals surface area contributed by atoms with Crippen molar-refractivity contribution >= 4 is 19.3 Å². The van der Waals surface area contributed by atoms with Crippen molar-refractivity contribution in [2.75, 3.05) is 25.6 Å². The molecule has 6 atom stereocenters. The van der Waals surface area contributed by atoms with Gasteiger partial charge >= 0.3 is 13.3 Å². The predicted octanol–water partition coefficient (Wildman–Crippen LogP) is 6.65. The average molecular weight is 705 g/mol. The Balaban J connectivity index is 1.59. The fourth-order valence-electron chi connectivity index (χ4n) is 4.84. The number of aromatic nitrogens is 2.